The molecule has 0 bridgehead atoms. The smallest absolute Gasteiger partial charge is 0.407 e. The largest absolute Gasteiger partial charge is 0.445 e. The van der Waals surface area contributed by atoms with Crippen LogP contribution in [0.3, 0.4) is 0 Å². The zero-order valence-electron chi connectivity index (χ0n) is 32.2. The molecule has 2 heterocycles. The van der Waals surface area contributed by atoms with Crippen molar-refractivity contribution in [2.45, 2.75) is 114 Å². The van der Waals surface area contributed by atoms with Crippen molar-refractivity contribution in [3.8, 4) is 0 Å². The Morgan fingerprint density at radius 1 is 0.877 bits per heavy atom. The summed E-state index contributed by atoms with van der Waals surface area (Å²) in [7, 11) is 0. The fourth-order valence-corrected chi connectivity index (χ4v) is 7.79. The normalized spacial score (nSPS) is 35.4. The lowest BCUT2D eigenvalue weighted by Gasteiger charge is -2.52. The quantitative estimate of drug-likeness (QED) is 0.125. The monoisotopic (exact) mass is 804 g/mol. The molecule has 2 aromatic carbocycles. The average Bonchev–Trinajstić information content (AvgIpc) is 3.21. The molecular formula is C39H56N4O14. The SMILES string of the molecule is CCC1OC(C2C(C)CC(NC(=O)N(CCNC(=O)OCc3ccccc3)OC(=O)c3ccccc3)C(OC3OC(CO)C(O)C(N)C3O)C2O)C(C)C(O)C1O. The summed E-state index contributed by atoms with van der Waals surface area (Å²) < 4.78 is 23.5. The van der Waals surface area contributed by atoms with Gasteiger partial charge in [-0.1, -0.05) is 69.3 Å². The van der Waals surface area contributed by atoms with E-state index >= 15 is 0 Å². The topological polar surface area (TPSA) is 272 Å². The molecule has 0 radical (unpaired) electrons. The Kier molecular flexibility index (Phi) is 15.6. The number of benzene rings is 2. The number of carbonyl (C=O) groups excluding carboxylic acids is 3. The second-order valence-corrected chi connectivity index (χ2v) is 14.9. The number of nitrogens with two attached hydrogens (primary N) is 1. The van der Waals surface area contributed by atoms with E-state index in [4.69, 9.17) is 29.5 Å². The van der Waals surface area contributed by atoms with Gasteiger partial charge in [0, 0.05) is 18.4 Å². The van der Waals surface area contributed by atoms with Crippen LogP contribution in [-0.4, -0.2) is 147 Å². The third kappa shape index (κ3) is 10.6. The van der Waals surface area contributed by atoms with Gasteiger partial charge in [0.25, 0.3) is 0 Å². The van der Waals surface area contributed by atoms with Crippen molar-refractivity contribution in [3.63, 3.8) is 0 Å². The molecule has 1 saturated carbocycles. The number of aliphatic hydroxyl groups excluding tert-OH is 6. The summed E-state index contributed by atoms with van der Waals surface area (Å²) in [5, 5.41) is 71.1. The number of rotatable bonds is 12. The first kappa shape index (κ1) is 44.2. The molecule has 5 rings (SSSR count). The molecule has 0 spiro atoms. The van der Waals surface area contributed by atoms with Crippen LogP contribution in [0.1, 0.15) is 49.5 Å². The van der Waals surface area contributed by atoms with E-state index in [0.717, 1.165) is 5.56 Å². The summed E-state index contributed by atoms with van der Waals surface area (Å²) in [5.41, 5.74) is 6.95. The van der Waals surface area contributed by atoms with Gasteiger partial charge in [0.05, 0.1) is 55.2 Å². The molecule has 2 aromatic rings. The van der Waals surface area contributed by atoms with Crippen molar-refractivity contribution in [2.24, 2.45) is 23.5 Å². The Morgan fingerprint density at radius 3 is 2.19 bits per heavy atom. The third-order valence-electron chi connectivity index (χ3n) is 11.1. The molecule has 3 fully saturated rings. The predicted octanol–water partition coefficient (Wildman–Crippen LogP) is -0.231. The Hall–Kier alpha value is -3.95. The van der Waals surface area contributed by atoms with Gasteiger partial charge in [0.2, 0.25) is 0 Å². The van der Waals surface area contributed by atoms with E-state index < -0.39 is 116 Å². The van der Waals surface area contributed by atoms with E-state index in [2.05, 4.69) is 10.6 Å². The number of urea groups is 1. The van der Waals surface area contributed by atoms with Crippen molar-refractivity contribution < 1.29 is 68.8 Å². The number of carbonyl (C=O) groups is 3. The molecule has 2 saturated heterocycles. The lowest BCUT2D eigenvalue weighted by molar-refractivity contribution is -0.310. The van der Waals surface area contributed by atoms with Gasteiger partial charge in [-0.15, -0.1) is 0 Å². The van der Waals surface area contributed by atoms with Gasteiger partial charge in [-0.05, 0) is 36.5 Å². The van der Waals surface area contributed by atoms with Gasteiger partial charge in [0.15, 0.2) is 6.29 Å². The van der Waals surface area contributed by atoms with E-state index in [-0.39, 0.29) is 31.7 Å². The van der Waals surface area contributed by atoms with Crippen molar-refractivity contribution in [1.29, 1.82) is 0 Å². The summed E-state index contributed by atoms with van der Waals surface area (Å²) in [6, 6.07) is 13.6. The molecule has 1 aliphatic carbocycles. The number of aliphatic hydroxyl groups is 6. The van der Waals surface area contributed by atoms with Crippen LogP contribution in [0.2, 0.25) is 0 Å². The molecule has 15 unspecified atom stereocenters. The molecular weight excluding hydrogens is 748 g/mol. The van der Waals surface area contributed by atoms with Crippen LogP contribution in [0.5, 0.6) is 0 Å². The van der Waals surface area contributed by atoms with Crippen LogP contribution in [0.25, 0.3) is 0 Å². The second-order valence-electron chi connectivity index (χ2n) is 14.9. The minimum Gasteiger partial charge on any atom is -0.445 e. The molecule has 18 nitrogen and oxygen atoms in total. The highest BCUT2D eigenvalue weighted by atomic mass is 16.7. The van der Waals surface area contributed by atoms with Crippen LogP contribution in [0.4, 0.5) is 9.59 Å². The molecule has 18 heteroatoms. The third-order valence-corrected chi connectivity index (χ3v) is 11.1. The first-order valence-electron chi connectivity index (χ1n) is 19.3. The van der Waals surface area contributed by atoms with Crippen molar-refractivity contribution in [1.82, 2.24) is 15.7 Å². The Balaban J connectivity index is 1.37. The van der Waals surface area contributed by atoms with E-state index in [1.807, 2.05) is 13.0 Å². The summed E-state index contributed by atoms with van der Waals surface area (Å²) in [4.78, 5) is 45.3. The Morgan fingerprint density at radius 2 is 1.54 bits per heavy atom. The highest BCUT2D eigenvalue weighted by molar-refractivity contribution is 5.90. The lowest BCUT2D eigenvalue weighted by Crippen LogP contribution is -2.67. The number of hydrogen-bond acceptors (Lipinski definition) is 15. The highest BCUT2D eigenvalue weighted by Gasteiger charge is 2.55. The first-order valence-corrected chi connectivity index (χ1v) is 19.3. The van der Waals surface area contributed by atoms with Crippen LogP contribution in [-0.2, 0) is 30.4 Å². The van der Waals surface area contributed by atoms with Crippen molar-refractivity contribution in [3.05, 3.63) is 71.8 Å². The summed E-state index contributed by atoms with van der Waals surface area (Å²) in [6.45, 7) is 4.08. The molecule has 0 aromatic heterocycles. The minimum absolute atomic E-state index is 0.00389. The average molecular weight is 805 g/mol. The number of amides is 3. The van der Waals surface area contributed by atoms with Crippen LogP contribution < -0.4 is 16.4 Å². The van der Waals surface area contributed by atoms with E-state index in [0.29, 0.717) is 11.5 Å². The molecule has 3 aliphatic rings. The Labute approximate surface area is 330 Å². The molecule has 316 valence electrons. The van der Waals surface area contributed by atoms with Gasteiger partial charge < -0.3 is 70.8 Å². The maximum absolute atomic E-state index is 14.1. The van der Waals surface area contributed by atoms with E-state index in [1.165, 1.54) is 12.1 Å². The first-order chi connectivity index (χ1) is 27.2. The van der Waals surface area contributed by atoms with Gasteiger partial charge in [-0.2, -0.15) is 5.06 Å². The number of hydroxylamine groups is 2. The van der Waals surface area contributed by atoms with E-state index in [1.54, 1.807) is 56.3 Å². The molecule has 57 heavy (non-hydrogen) atoms. The maximum Gasteiger partial charge on any atom is 0.407 e. The van der Waals surface area contributed by atoms with Crippen LogP contribution in [0.15, 0.2) is 60.7 Å². The fraction of sp³-hybridized carbons (Fsp3) is 0.615. The van der Waals surface area contributed by atoms with Crippen LogP contribution >= 0.6 is 0 Å². The molecule has 2 aliphatic heterocycles. The summed E-state index contributed by atoms with van der Waals surface area (Å²) in [6.07, 6.45) is -12.9. The van der Waals surface area contributed by atoms with E-state index in [9.17, 15) is 45.0 Å². The van der Waals surface area contributed by atoms with Gasteiger partial charge in [-0.25, -0.2) is 14.4 Å². The molecule has 10 N–H and O–H groups in total. The van der Waals surface area contributed by atoms with Crippen LogP contribution in [0, 0.1) is 17.8 Å². The maximum atomic E-state index is 14.1. The highest BCUT2D eigenvalue weighted by Crippen LogP contribution is 2.42. The lowest BCUT2D eigenvalue weighted by atomic mass is 9.67. The standard InChI is InChI=1S/C39H56N4O14/c1-4-25-31(47)29(45)21(3)34(54-25)27-20(2)17-24(35(32(27)48)56-37-33(49)28(40)30(46)26(18-44)55-37)42-38(51)43(57-36(50)23-13-9-6-10-14-23)16-15-41-39(52)53-19-22-11-7-5-8-12-22/h5-14,20-21,24-35,37,44-49H,4,15-19,40H2,1-3H3,(H,41,52)(H,42,51). The second kappa shape index (κ2) is 20.1. The zero-order chi connectivity index (χ0) is 41.4. The summed E-state index contributed by atoms with van der Waals surface area (Å²) in [5.74, 6) is -2.69. The zero-order valence-corrected chi connectivity index (χ0v) is 32.2. The number of alkyl carbamates (subject to hydrolysis) is 1. The van der Waals surface area contributed by atoms with Crippen molar-refractivity contribution >= 4 is 18.1 Å². The van der Waals surface area contributed by atoms with Crippen molar-refractivity contribution in [2.75, 3.05) is 19.7 Å². The number of ether oxygens (including phenoxy) is 4. The fourth-order valence-electron chi connectivity index (χ4n) is 7.79. The number of hydrogen-bond donors (Lipinski definition) is 9. The molecule has 15 atom stereocenters. The summed E-state index contributed by atoms with van der Waals surface area (Å²) >= 11 is 0. The Bertz CT molecular complexity index is 1590. The predicted molar refractivity (Wildman–Crippen MR) is 200 cm³/mol. The van der Waals surface area contributed by atoms with Gasteiger partial charge in [-0.3, -0.25) is 0 Å². The van der Waals surface area contributed by atoms with Gasteiger partial charge >= 0.3 is 18.1 Å². The number of nitrogens with zero attached hydrogens (tertiary/aromatic N) is 1. The molecule has 3 amide bonds. The minimum atomic E-state index is -1.63. The number of nitrogens with one attached hydrogen (secondary N) is 2. The van der Waals surface area contributed by atoms with Gasteiger partial charge in [0.1, 0.15) is 37.1 Å².